The topological polar surface area (TPSA) is 75.7 Å². The van der Waals surface area contributed by atoms with Gasteiger partial charge in [-0.25, -0.2) is 0 Å². The summed E-state index contributed by atoms with van der Waals surface area (Å²) in [7, 11) is 1.51. The van der Waals surface area contributed by atoms with Crippen molar-refractivity contribution in [3.8, 4) is 5.75 Å². The molecule has 3 aromatic carbocycles. The van der Waals surface area contributed by atoms with Gasteiger partial charge in [-0.1, -0.05) is 48.0 Å². The van der Waals surface area contributed by atoms with Gasteiger partial charge in [0.2, 0.25) is 11.8 Å². The first-order valence-electron chi connectivity index (χ1n) is 11.6. The Hall–Kier alpha value is -3.64. The first kappa shape index (κ1) is 23.1. The minimum Gasteiger partial charge on any atom is -0.495 e. The van der Waals surface area contributed by atoms with Crippen LogP contribution < -0.4 is 15.0 Å². The number of imide groups is 1. The number of rotatable bonds is 5. The average molecular weight is 489 g/mol. The summed E-state index contributed by atoms with van der Waals surface area (Å²) in [6.45, 7) is 0. The van der Waals surface area contributed by atoms with Crippen molar-refractivity contribution in [1.29, 1.82) is 0 Å². The van der Waals surface area contributed by atoms with E-state index in [0.717, 1.165) is 6.42 Å². The van der Waals surface area contributed by atoms with Crippen LogP contribution in [-0.2, 0) is 9.59 Å². The number of anilines is 2. The van der Waals surface area contributed by atoms with Crippen LogP contribution in [-0.4, -0.2) is 24.8 Å². The highest BCUT2D eigenvalue weighted by molar-refractivity contribution is 6.31. The van der Waals surface area contributed by atoms with Crippen molar-refractivity contribution < 1.29 is 19.1 Å². The van der Waals surface area contributed by atoms with Gasteiger partial charge in [-0.2, -0.15) is 0 Å². The van der Waals surface area contributed by atoms with E-state index in [4.69, 9.17) is 16.3 Å². The van der Waals surface area contributed by atoms with Crippen LogP contribution in [0.5, 0.6) is 5.75 Å². The van der Waals surface area contributed by atoms with E-state index in [0.29, 0.717) is 40.6 Å². The number of amides is 3. The summed E-state index contributed by atoms with van der Waals surface area (Å²) in [6.07, 6.45) is 2.21. The highest BCUT2D eigenvalue weighted by Crippen LogP contribution is 2.45. The third-order valence-corrected chi connectivity index (χ3v) is 7.21. The highest BCUT2D eigenvalue weighted by atomic mass is 35.5. The van der Waals surface area contributed by atoms with Crippen LogP contribution >= 0.6 is 11.6 Å². The molecule has 3 aromatic rings. The SMILES string of the molecule is COc1ccc(Cl)cc1NC(=O)c1cccc(N2C(=O)[C@H]3CC[C@H](c4ccccc4)C[C@@H]3C2=O)c1. The van der Waals surface area contributed by atoms with Crippen molar-refractivity contribution in [2.75, 3.05) is 17.3 Å². The average Bonchev–Trinajstić information content (AvgIpc) is 3.14. The molecule has 1 heterocycles. The molecule has 2 aliphatic rings. The number of carbonyl (C=O) groups excluding carboxylic acids is 3. The zero-order chi connectivity index (χ0) is 24.5. The fourth-order valence-electron chi connectivity index (χ4n) is 5.22. The smallest absolute Gasteiger partial charge is 0.255 e. The van der Waals surface area contributed by atoms with E-state index in [1.807, 2.05) is 18.2 Å². The van der Waals surface area contributed by atoms with Gasteiger partial charge in [-0.3, -0.25) is 19.3 Å². The van der Waals surface area contributed by atoms with Crippen molar-refractivity contribution >= 4 is 40.7 Å². The monoisotopic (exact) mass is 488 g/mol. The standard InChI is InChI=1S/C28H25ClN2O4/c1-35-25-13-11-20(29)16-24(25)30-26(32)19-8-5-9-21(14-19)31-27(33)22-12-10-18(15-23(22)28(31)34)17-6-3-2-4-7-17/h2-9,11,13-14,16,18,22-23H,10,12,15H2,1H3,(H,30,32)/t18-,22-,23-/m0/s1. The van der Waals surface area contributed by atoms with E-state index in [-0.39, 0.29) is 29.6 Å². The Morgan fingerprint density at radius 1 is 0.943 bits per heavy atom. The molecule has 1 aliphatic carbocycles. The minimum atomic E-state index is -0.395. The summed E-state index contributed by atoms with van der Waals surface area (Å²) >= 11 is 6.07. The number of benzene rings is 3. The van der Waals surface area contributed by atoms with Crippen molar-refractivity contribution in [2.24, 2.45) is 11.8 Å². The number of nitrogens with zero attached hydrogens (tertiary/aromatic N) is 1. The Balaban J connectivity index is 1.37. The van der Waals surface area contributed by atoms with Gasteiger partial charge < -0.3 is 10.1 Å². The van der Waals surface area contributed by atoms with Gasteiger partial charge in [0.15, 0.2) is 0 Å². The molecule has 0 unspecified atom stereocenters. The Morgan fingerprint density at radius 2 is 1.71 bits per heavy atom. The fourth-order valence-corrected chi connectivity index (χ4v) is 5.39. The lowest BCUT2D eigenvalue weighted by molar-refractivity contribution is -0.122. The number of hydrogen-bond acceptors (Lipinski definition) is 4. The Labute approximate surface area is 208 Å². The molecule has 6 nitrogen and oxygen atoms in total. The van der Waals surface area contributed by atoms with Crippen LogP contribution in [0.3, 0.4) is 0 Å². The van der Waals surface area contributed by atoms with E-state index in [2.05, 4.69) is 17.4 Å². The van der Waals surface area contributed by atoms with Crippen molar-refractivity contribution in [3.05, 3.63) is 88.9 Å². The summed E-state index contributed by atoms with van der Waals surface area (Å²) in [5, 5.41) is 3.25. The number of halogens is 1. The van der Waals surface area contributed by atoms with Crippen LogP contribution in [0.25, 0.3) is 0 Å². The van der Waals surface area contributed by atoms with Gasteiger partial charge in [0.1, 0.15) is 5.75 Å². The maximum absolute atomic E-state index is 13.4. The summed E-state index contributed by atoms with van der Waals surface area (Å²) < 4.78 is 5.29. The Morgan fingerprint density at radius 3 is 2.49 bits per heavy atom. The highest BCUT2D eigenvalue weighted by Gasteiger charge is 2.50. The van der Waals surface area contributed by atoms with Crippen molar-refractivity contribution in [2.45, 2.75) is 25.2 Å². The van der Waals surface area contributed by atoms with Gasteiger partial charge in [0.25, 0.3) is 5.91 Å². The number of fused-ring (bicyclic) bond motifs is 1. The number of ether oxygens (including phenoxy) is 1. The molecule has 1 aliphatic heterocycles. The molecule has 1 saturated heterocycles. The molecule has 35 heavy (non-hydrogen) atoms. The molecule has 178 valence electrons. The predicted octanol–water partition coefficient (Wildman–Crippen LogP) is 5.67. The van der Waals surface area contributed by atoms with Crippen LogP contribution in [0.15, 0.2) is 72.8 Å². The molecule has 0 bridgehead atoms. The van der Waals surface area contributed by atoms with Crippen LogP contribution in [0.4, 0.5) is 11.4 Å². The number of methoxy groups -OCH3 is 1. The Bertz CT molecular complexity index is 1290. The molecule has 7 heteroatoms. The number of carbonyl (C=O) groups is 3. The van der Waals surface area contributed by atoms with E-state index >= 15 is 0 Å². The lowest BCUT2D eigenvalue weighted by atomic mass is 9.73. The lowest BCUT2D eigenvalue weighted by Gasteiger charge is -2.28. The van der Waals surface area contributed by atoms with Gasteiger partial charge in [0, 0.05) is 10.6 Å². The zero-order valence-electron chi connectivity index (χ0n) is 19.2. The fraction of sp³-hybridized carbons (Fsp3) is 0.250. The maximum Gasteiger partial charge on any atom is 0.255 e. The second-order valence-electron chi connectivity index (χ2n) is 8.99. The Kier molecular flexibility index (Phi) is 6.31. The summed E-state index contributed by atoms with van der Waals surface area (Å²) in [5.41, 5.74) is 2.37. The quantitative estimate of drug-likeness (QED) is 0.469. The second kappa shape index (κ2) is 9.55. The molecule has 3 atom stereocenters. The lowest BCUT2D eigenvalue weighted by Crippen LogP contribution is -2.31. The molecule has 1 N–H and O–H groups in total. The normalized spacial score (nSPS) is 21.5. The molecular formula is C28H25ClN2O4. The van der Waals surface area contributed by atoms with Crippen molar-refractivity contribution in [1.82, 2.24) is 0 Å². The predicted molar refractivity (Wildman–Crippen MR) is 135 cm³/mol. The first-order valence-corrected chi connectivity index (χ1v) is 12.0. The van der Waals surface area contributed by atoms with E-state index in [1.54, 1.807) is 42.5 Å². The molecule has 5 rings (SSSR count). The van der Waals surface area contributed by atoms with Crippen LogP contribution in [0, 0.1) is 11.8 Å². The van der Waals surface area contributed by atoms with Gasteiger partial charge in [0.05, 0.1) is 30.3 Å². The molecule has 3 amide bonds. The largest absolute Gasteiger partial charge is 0.495 e. The second-order valence-corrected chi connectivity index (χ2v) is 9.43. The van der Waals surface area contributed by atoms with E-state index < -0.39 is 5.91 Å². The molecular weight excluding hydrogens is 464 g/mol. The zero-order valence-corrected chi connectivity index (χ0v) is 20.0. The van der Waals surface area contributed by atoms with Gasteiger partial charge in [-0.05, 0) is 67.1 Å². The summed E-state index contributed by atoms with van der Waals surface area (Å²) in [4.78, 5) is 40.9. The van der Waals surface area contributed by atoms with Crippen molar-refractivity contribution in [3.63, 3.8) is 0 Å². The molecule has 2 fully saturated rings. The third kappa shape index (κ3) is 4.42. The summed E-state index contributed by atoms with van der Waals surface area (Å²) in [6, 6.07) is 21.7. The number of nitrogens with one attached hydrogen (secondary N) is 1. The van der Waals surface area contributed by atoms with Gasteiger partial charge in [-0.15, -0.1) is 0 Å². The molecule has 0 spiro atoms. The van der Waals surface area contributed by atoms with E-state index in [9.17, 15) is 14.4 Å². The molecule has 0 radical (unpaired) electrons. The van der Waals surface area contributed by atoms with Crippen LogP contribution in [0.1, 0.15) is 41.1 Å². The van der Waals surface area contributed by atoms with Gasteiger partial charge >= 0.3 is 0 Å². The third-order valence-electron chi connectivity index (χ3n) is 6.97. The minimum absolute atomic E-state index is 0.180. The maximum atomic E-state index is 13.4. The summed E-state index contributed by atoms with van der Waals surface area (Å²) in [5.74, 6) is -0.673. The first-order chi connectivity index (χ1) is 17.0. The molecule has 0 aromatic heterocycles. The van der Waals surface area contributed by atoms with E-state index in [1.165, 1.54) is 17.6 Å². The number of hydrogen-bond donors (Lipinski definition) is 1. The van der Waals surface area contributed by atoms with Crippen LogP contribution in [0.2, 0.25) is 5.02 Å². The molecule has 1 saturated carbocycles.